The molecule has 2 heterocycles. The van der Waals surface area contributed by atoms with Gasteiger partial charge in [-0.15, -0.1) is 0 Å². The fourth-order valence-corrected chi connectivity index (χ4v) is 3.82. The smallest absolute Gasteiger partial charge is 0.230 e. The van der Waals surface area contributed by atoms with Crippen molar-refractivity contribution in [1.29, 1.82) is 0 Å². The third-order valence-electron chi connectivity index (χ3n) is 5.46. The highest BCUT2D eigenvalue weighted by molar-refractivity contribution is 5.85. The van der Waals surface area contributed by atoms with Gasteiger partial charge in [0, 0.05) is 25.7 Å². The highest BCUT2D eigenvalue weighted by atomic mass is 19.1. The van der Waals surface area contributed by atoms with Crippen LogP contribution >= 0.6 is 0 Å². The molecule has 22 heavy (non-hydrogen) atoms. The van der Waals surface area contributed by atoms with E-state index in [1.54, 1.807) is 6.07 Å². The number of benzene rings is 1. The summed E-state index contributed by atoms with van der Waals surface area (Å²) in [7, 11) is 0. The number of rotatable bonds is 4. The zero-order chi connectivity index (χ0) is 15.7. The largest absolute Gasteiger partial charge is 0.338 e. The average Bonchev–Trinajstić information content (AvgIpc) is 3.07. The minimum Gasteiger partial charge on any atom is -0.338 e. The Kier molecular flexibility index (Phi) is 4.22. The van der Waals surface area contributed by atoms with E-state index >= 15 is 0 Å². The summed E-state index contributed by atoms with van der Waals surface area (Å²) in [6.07, 6.45) is 3.03. The number of carbonyl (C=O) groups is 1. The Morgan fingerprint density at radius 2 is 2.09 bits per heavy atom. The van der Waals surface area contributed by atoms with E-state index in [0.717, 1.165) is 44.5 Å². The van der Waals surface area contributed by atoms with E-state index in [1.807, 2.05) is 11.0 Å². The summed E-state index contributed by atoms with van der Waals surface area (Å²) in [6.45, 7) is 7.67. The number of hydrogen-bond acceptors (Lipinski definition) is 2. The van der Waals surface area contributed by atoms with Crippen LogP contribution in [0.25, 0.3) is 0 Å². The molecule has 0 saturated carbocycles. The van der Waals surface area contributed by atoms with Gasteiger partial charge in [-0.25, -0.2) is 4.39 Å². The molecular formula is C18H25FN2O. The van der Waals surface area contributed by atoms with E-state index in [1.165, 1.54) is 12.1 Å². The van der Waals surface area contributed by atoms with Gasteiger partial charge >= 0.3 is 0 Å². The number of nitrogens with zero attached hydrogens (tertiary/aromatic N) is 2. The van der Waals surface area contributed by atoms with Crippen molar-refractivity contribution in [3.05, 3.63) is 35.6 Å². The van der Waals surface area contributed by atoms with E-state index < -0.39 is 0 Å². The number of hydrogen-bond donors (Lipinski definition) is 0. The summed E-state index contributed by atoms with van der Waals surface area (Å²) in [5, 5.41) is 0. The van der Waals surface area contributed by atoms with Crippen LogP contribution in [-0.2, 0) is 11.3 Å². The maximum atomic E-state index is 13.3. The molecule has 1 aromatic carbocycles. The standard InChI is InChI=1S/C18H25FN2O/c1-3-14(2)21-10-8-18(13-21)7-9-20(17(18)22)12-15-5-4-6-16(19)11-15/h4-6,11,14H,3,7-10,12-13H2,1-2H3/t14-,18+/m0/s1. The van der Waals surface area contributed by atoms with Crippen molar-refractivity contribution in [2.45, 2.75) is 45.7 Å². The van der Waals surface area contributed by atoms with Crippen molar-refractivity contribution in [3.8, 4) is 0 Å². The Bertz CT molecular complexity index is 562. The first-order valence-corrected chi connectivity index (χ1v) is 8.32. The maximum absolute atomic E-state index is 13.3. The summed E-state index contributed by atoms with van der Waals surface area (Å²) in [6, 6.07) is 7.11. The van der Waals surface area contributed by atoms with Gasteiger partial charge in [0.2, 0.25) is 5.91 Å². The van der Waals surface area contributed by atoms with Crippen LogP contribution in [0.3, 0.4) is 0 Å². The van der Waals surface area contributed by atoms with Crippen molar-refractivity contribution < 1.29 is 9.18 Å². The minimum absolute atomic E-state index is 0.184. The summed E-state index contributed by atoms with van der Waals surface area (Å²) in [5.74, 6) is 0.0326. The molecule has 0 N–H and O–H groups in total. The molecule has 2 fully saturated rings. The van der Waals surface area contributed by atoms with Gasteiger partial charge in [-0.1, -0.05) is 19.1 Å². The number of carbonyl (C=O) groups excluding carboxylic acids is 1. The highest BCUT2D eigenvalue weighted by Crippen LogP contribution is 2.41. The van der Waals surface area contributed by atoms with E-state index in [-0.39, 0.29) is 17.1 Å². The predicted molar refractivity (Wildman–Crippen MR) is 84.8 cm³/mol. The van der Waals surface area contributed by atoms with Crippen molar-refractivity contribution in [2.24, 2.45) is 5.41 Å². The van der Waals surface area contributed by atoms with Crippen molar-refractivity contribution in [3.63, 3.8) is 0 Å². The molecule has 0 radical (unpaired) electrons. The zero-order valence-corrected chi connectivity index (χ0v) is 13.5. The van der Waals surface area contributed by atoms with Crippen LogP contribution in [0.4, 0.5) is 4.39 Å². The molecule has 2 saturated heterocycles. The van der Waals surface area contributed by atoms with Crippen molar-refractivity contribution >= 4 is 5.91 Å². The lowest BCUT2D eigenvalue weighted by molar-refractivity contribution is -0.136. The van der Waals surface area contributed by atoms with Gasteiger partial charge < -0.3 is 4.90 Å². The van der Waals surface area contributed by atoms with Gasteiger partial charge in [-0.3, -0.25) is 9.69 Å². The molecular weight excluding hydrogens is 279 g/mol. The quantitative estimate of drug-likeness (QED) is 0.853. The molecule has 4 heteroatoms. The Hall–Kier alpha value is -1.42. The third-order valence-corrected chi connectivity index (χ3v) is 5.46. The lowest BCUT2D eigenvalue weighted by Gasteiger charge is -2.26. The van der Waals surface area contributed by atoms with Crippen molar-refractivity contribution in [1.82, 2.24) is 9.80 Å². The Morgan fingerprint density at radius 1 is 1.32 bits per heavy atom. The van der Waals surface area contributed by atoms with Gasteiger partial charge in [-0.05, 0) is 50.4 Å². The molecule has 0 unspecified atom stereocenters. The van der Waals surface area contributed by atoms with E-state index in [4.69, 9.17) is 0 Å². The Labute approximate surface area is 132 Å². The van der Waals surface area contributed by atoms with Crippen LogP contribution in [0.2, 0.25) is 0 Å². The molecule has 2 atom stereocenters. The van der Waals surface area contributed by atoms with Crippen LogP contribution < -0.4 is 0 Å². The fourth-order valence-electron chi connectivity index (χ4n) is 3.82. The molecule has 3 rings (SSSR count). The maximum Gasteiger partial charge on any atom is 0.230 e. The molecule has 3 nitrogen and oxygen atoms in total. The van der Waals surface area contributed by atoms with Crippen molar-refractivity contribution in [2.75, 3.05) is 19.6 Å². The molecule has 2 aliphatic heterocycles. The summed E-state index contributed by atoms with van der Waals surface area (Å²) < 4.78 is 13.3. The van der Waals surface area contributed by atoms with Crippen LogP contribution in [0.5, 0.6) is 0 Å². The highest BCUT2D eigenvalue weighted by Gasteiger charge is 2.50. The molecule has 0 bridgehead atoms. The second-order valence-corrected chi connectivity index (χ2v) is 6.86. The SMILES string of the molecule is CC[C@H](C)N1CC[C@]2(CCN(Cc3cccc(F)c3)C2=O)C1. The average molecular weight is 304 g/mol. The van der Waals surface area contributed by atoms with Crippen LogP contribution in [0.1, 0.15) is 38.7 Å². The lowest BCUT2D eigenvalue weighted by atomic mass is 9.85. The number of likely N-dealkylation sites (tertiary alicyclic amines) is 2. The normalized spacial score (nSPS) is 27.0. The first-order valence-electron chi connectivity index (χ1n) is 8.32. The third kappa shape index (κ3) is 2.76. The second kappa shape index (κ2) is 5.99. The monoisotopic (exact) mass is 304 g/mol. The van der Waals surface area contributed by atoms with Gasteiger partial charge in [-0.2, -0.15) is 0 Å². The molecule has 1 amide bonds. The van der Waals surface area contributed by atoms with Gasteiger partial charge in [0.1, 0.15) is 5.82 Å². The molecule has 120 valence electrons. The van der Waals surface area contributed by atoms with Gasteiger partial charge in [0.15, 0.2) is 0 Å². The summed E-state index contributed by atoms with van der Waals surface area (Å²) >= 11 is 0. The molecule has 1 aromatic rings. The van der Waals surface area contributed by atoms with E-state index in [2.05, 4.69) is 18.7 Å². The second-order valence-electron chi connectivity index (χ2n) is 6.86. The Morgan fingerprint density at radius 3 is 2.82 bits per heavy atom. The van der Waals surface area contributed by atoms with Crippen LogP contribution in [-0.4, -0.2) is 41.4 Å². The summed E-state index contributed by atoms with van der Waals surface area (Å²) in [5.41, 5.74) is 0.693. The first-order chi connectivity index (χ1) is 10.5. The Balaban J connectivity index is 1.68. The van der Waals surface area contributed by atoms with Crippen LogP contribution in [0.15, 0.2) is 24.3 Å². The predicted octanol–water partition coefficient (Wildman–Crippen LogP) is 3.05. The molecule has 0 aliphatic carbocycles. The molecule has 1 spiro atoms. The molecule has 2 aliphatic rings. The lowest BCUT2D eigenvalue weighted by Crippen LogP contribution is -2.38. The van der Waals surface area contributed by atoms with Gasteiger partial charge in [0.05, 0.1) is 5.41 Å². The van der Waals surface area contributed by atoms with Crippen LogP contribution in [0, 0.1) is 11.2 Å². The van der Waals surface area contributed by atoms with E-state index in [0.29, 0.717) is 12.6 Å². The first kappa shape index (κ1) is 15.5. The fraction of sp³-hybridized carbons (Fsp3) is 0.611. The topological polar surface area (TPSA) is 23.6 Å². The summed E-state index contributed by atoms with van der Waals surface area (Å²) in [4.78, 5) is 17.2. The van der Waals surface area contributed by atoms with E-state index in [9.17, 15) is 9.18 Å². The van der Waals surface area contributed by atoms with Gasteiger partial charge in [0.25, 0.3) is 0 Å². The molecule has 0 aromatic heterocycles. The minimum atomic E-state index is -0.234. The zero-order valence-electron chi connectivity index (χ0n) is 13.5. The number of amides is 1. The number of halogens is 1.